The molecule has 0 aromatic heterocycles. The van der Waals surface area contributed by atoms with Gasteiger partial charge in [-0.3, -0.25) is 0 Å². The Morgan fingerprint density at radius 3 is 1.25 bits per heavy atom. The number of rotatable bonds is 8. The average molecular weight is 808 g/mol. The number of hydrogen-bond donors (Lipinski definition) is 0. The Balaban J connectivity index is 1.00. The van der Waals surface area contributed by atoms with Crippen molar-refractivity contribution in [2.24, 2.45) is 0 Å². The van der Waals surface area contributed by atoms with Gasteiger partial charge in [0.2, 0.25) is 0 Å². The number of hydrogen-bond acceptors (Lipinski definition) is 2. The molecule has 0 N–H and O–H groups in total. The Bertz CT molecular complexity index is 3100. The average Bonchev–Trinajstić information content (AvgIpc) is 3.35. The summed E-state index contributed by atoms with van der Waals surface area (Å²) in [6, 6.07) is 85.2. The summed E-state index contributed by atoms with van der Waals surface area (Å²) in [5.74, 6) is 1.84. The fourth-order valence-electron chi connectivity index (χ4n) is 9.40. The van der Waals surface area contributed by atoms with Crippen molar-refractivity contribution in [3.05, 3.63) is 248 Å². The van der Waals surface area contributed by atoms with Gasteiger partial charge in [0.1, 0.15) is 11.5 Å². The molecule has 0 amide bonds. The third-order valence-electron chi connectivity index (χ3n) is 12.8. The van der Waals surface area contributed by atoms with Crippen LogP contribution in [0, 0.1) is 0 Å². The van der Waals surface area contributed by atoms with Gasteiger partial charge in [-0.05, 0) is 91.9 Å². The highest BCUT2D eigenvalue weighted by Gasteiger charge is 2.35. The van der Waals surface area contributed by atoms with Crippen LogP contribution in [0.5, 0.6) is 11.5 Å². The van der Waals surface area contributed by atoms with Crippen LogP contribution in [0.4, 0.5) is 17.1 Å². The molecule has 0 saturated carbocycles. The van der Waals surface area contributed by atoms with Crippen LogP contribution in [-0.4, -0.2) is 0 Å². The Morgan fingerprint density at radius 2 is 0.730 bits per heavy atom. The largest absolute Gasteiger partial charge is 0.456 e. The fourth-order valence-corrected chi connectivity index (χ4v) is 9.40. The number of fused-ring (bicyclic) bond motifs is 3. The molecule has 11 rings (SSSR count). The molecule has 0 radical (unpaired) electrons. The van der Waals surface area contributed by atoms with E-state index in [-0.39, 0.29) is 5.41 Å². The molecule has 10 aromatic carbocycles. The number of anilines is 3. The Kier molecular flexibility index (Phi) is 9.55. The Labute approximate surface area is 370 Å². The summed E-state index contributed by atoms with van der Waals surface area (Å²) in [7, 11) is 0. The molecule has 0 bridgehead atoms. The Morgan fingerprint density at radius 1 is 0.317 bits per heavy atom. The number of para-hydroxylation sites is 2. The number of nitrogens with zero attached hydrogens (tertiary/aromatic N) is 1. The predicted molar refractivity (Wildman–Crippen MR) is 264 cm³/mol. The summed E-state index contributed by atoms with van der Waals surface area (Å²) in [5, 5.41) is 2.32. The minimum absolute atomic E-state index is 0.209. The van der Waals surface area contributed by atoms with E-state index in [0.717, 1.165) is 45.1 Å². The second kappa shape index (κ2) is 15.8. The lowest BCUT2D eigenvalue weighted by atomic mass is 9.74. The van der Waals surface area contributed by atoms with Gasteiger partial charge in [-0.15, -0.1) is 0 Å². The van der Waals surface area contributed by atoms with Crippen LogP contribution in [0.3, 0.4) is 0 Å². The van der Waals surface area contributed by atoms with Gasteiger partial charge in [-0.25, -0.2) is 0 Å². The van der Waals surface area contributed by atoms with Crippen molar-refractivity contribution in [1.82, 2.24) is 0 Å². The van der Waals surface area contributed by atoms with Crippen molar-refractivity contribution in [1.29, 1.82) is 0 Å². The maximum Gasteiger partial charge on any atom is 0.139 e. The topological polar surface area (TPSA) is 12.5 Å². The highest BCUT2D eigenvalue weighted by molar-refractivity contribution is 6.07. The summed E-state index contributed by atoms with van der Waals surface area (Å²) in [6.45, 7) is 4.60. The zero-order valence-electron chi connectivity index (χ0n) is 35.4. The highest BCUT2D eigenvalue weighted by atomic mass is 16.5. The summed E-state index contributed by atoms with van der Waals surface area (Å²) in [5.41, 5.74) is 17.3. The van der Waals surface area contributed by atoms with Crippen molar-refractivity contribution in [2.75, 3.05) is 4.90 Å². The van der Waals surface area contributed by atoms with E-state index in [1.54, 1.807) is 0 Å². The maximum atomic E-state index is 6.81. The summed E-state index contributed by atoms with van der Waals surface area (Å²) in [4.78, 5) is 2.40. The van der Waals surface area contributed by atoms with Crippen molar-refractivity contribution in [2.45, 2.75) is 19.3 Å². The SMILES string of the molecule is CC1(C)c2ccccc2Oc2c(-c3ccc(N(c4ccc(-c5ccc(-c6ccccc6)cc5)cc4)c4ccc(-c5ccc(-c6ccccc6)cc5)cc4)c4ccccc34)cccc21. The van der Waals surface area contributed by atoms with E-state index in [9.17, 15) is 0 Å². The Hall–Kier alpha value is -7.94. The van der Waals surface area contributed by atoms with E-state index < -0.39 is 0 Å². The molecule has 1 aliphatic heterocycles. The van der Waals surface area contributed by atoms with E-state index >= 15 is 0 Å². The quantitative estimate of drug-likeness (QED) is 0.152. The molecule has 63 heavy (non-hydrogen) atoms. The lowest BCUT2D eigenvalue weighted by Gasteiger charge is -2.35. The van der Waals surface area contributed by atoms with Crippen LogP contribution >= 0.6 is 0 Å². The lowest BCUT2D eigenvalue weighted by Crippen LogP contribution is -2.24. The van der Waals surface area contributed by atoms with Gasteiger partial charge in [0, 0.05) is 38.9 Å². The standard InChI is InChI=1S/C61H45NO/c1-61(2)56-21-11-12-23-59(56)63-60-55(20-13-22-57(60)61)53-40-41-58(54-19-10-9-18-52(53)54)62(50-36-32-48(33-37-50)46-28-24-44(25-29-46)42-14-5-3-6-15-42)51-38-34-49(35-39-51)47-30-26-45(27-31-47)43-16-7-4-8-17-43/h3-41H,1-2H3. The van der Waals surface area contributed by atoms with E-state index in [1.165, 1.54) is 61.0 Å². The van der Waals surface area contributed by atoms with E-state index in [0.29, 0.717) is 0 Å². The second-order valence-corrected chi connectivity index (χ2v) is 16.9. The monoisotopic (exact) mass is 807 g/mol. The zero-order valence-corrected chi connectivity index (χ0v) is 35.4. The number of ether oxygens (including phenoxy) is 1. The van der Waals surface area contributed by atoms with Crippen LogP contribution in [0.2, 0.25) is 0 Å². The van der Waals surface area contributed by atoms with E-state index in [1.807, 2.05) is 0 Å². The van der Waals surface area contributed by atoms with Gasteiger partial charge in [0.05, 0.1) is 5.69 Å². The van der Waals surface area contributed by atoms with Gasteiger partial charge in [0.25, 0.3) is 0 Å². The molecule has 0 aliphatic carbocycles. The van der Waals surface area contributed by atoms with Crippen molar-refractivity contribution >= 4 is 27.8 Å². The van der Waals surface area contributed by atoms with Gasteiger partial charge < -0.3 is 9.64 Å². The summed E-state index contributed by atoms with van der Waals surface area (Å²) < 4.78 is 6.81. The molecule has 10 aromatic rings. The summed E-state index contributed by atoms with van der Waals surface area (Å²) in [6.07, 6.45) is 0. The first-order valence-corrected chi connectivity index (χ1v) is 21.7. The predicted octanol–water partition coefficient (Wildman–Crippen LogP) is 17.1. The molecule has 0 fully saturated rings. The van der Waals surface area contributed by atoms with Crippen molar-refractivity contribution in [3.63, 3.8) is 0 Å². The molecule has 0 unspecified atom stereocenters. The van der Waals surface area contributed by atoms with Crippen molar-refractivity contribution in [3.8, 4) is 67.1 Å². The highest BCUT2D eigenvalue weighted by Crippen LogP contribution is 2.52. The van der Waals surface area contributed by atoms with Crippen LogP contribution in [0.1, 0.15) is 25.0 Å². The minimum atomic E-state index is -0.209. The van der Waals surface area contributed by atoms with Crippen molar-refractivity contribution < 1.29 is 4.74 Å². The number of benzene rings is 10. The molecular formula is C61H45NO. The van der Waals surface area contributed by atoms with Gasteiger partial charge >= 0.3 is 0 Å². The maximum absolute atomic E-state index is 6.81. The zero-order chi connectivity index (χ0) is 42.3. The van der Waals surface area contributed by atoms with Crippen LogP contribution in [0.15, 0.2) is 237 Å². The molecule has 300 valence electrons. The molecular weight excluding hydrogens is 763 g/mol. The fraction of sp³-hybridized carbons (Fsp3) is 0.0492. The first-order chi connectivity index (χ1) is 31.0. The van der Waals surface area contributed by atoms with Crippen LogP contribution in [-0.2, 0) is 5.41 Å². The van der Waals surface area contributed by atoms with Gasteiger partial charge in [0.15, 0.2) is 0 Å². The van der Waals surface area contributed by atoms with E-state index in [4.69, 9.17) is 4.74 Å². The third-order valence-corrected chi connectivity index (χ3v) is 12.8. The molecule has 2 heteroatoms. The minimum Gasteiger partial charge on any atom is -0.456 e. The van der Waals surface area contributed by atoms with Gasteiger partial charge in [-0.1, -0.05) is 214 Å². The molecule has 0 atom stereocenters. The molecule has 0 saturated heterocycles. The van der Waals surface area contributed by atoms with E-state index in [2.05, 4.69) is 255 Å². The molecule has 0 spiro atoms. The smallest absolute Gasteiger partial charge is 0.139 e. The normalized spacial score (nSPS) is 12.5. The first kappa shape index (κ1) is 38.0. The van der Waals surface area contributed by atoms with Crippen LogP contribution in [0.25, 0.3) is 66.4 Å². The molecule has 2 nitrogen and oxygen atoms in total. The lowest BCUT2D eigenvalue weighted by molar-refractivity contribution is 0.419. The molecule has 1 heterocycles. The first-order valence-electron chi connectivity index (χ1n) is 21.7. The molecule has 1 aliphatic rings. The second-order valence-electron chi connectivity index (χ2n) is 16.9. The summed E-state index contributed by atoms with van der Waals surface area (Å²) >= 11 is 0. The van der Waals surface area contributed by atoms with Gasteiger partial charge in [-0.2, -0.15) is 0 Å². The third kappa shape index (κ3) is 6.96. The van der Waals surface area contributed by atoms with Crippen LogP contribution < -0.4 is 9.64 Å².